The normalized spacial score (nSPS) is 18.4. The summed E-state index contributed by atoms with van der Waals surface area (Å²) in [5, 5.41) is 5.71. The minimum absolute atomic E-state index is 0.579. The molecule has 14 heavy (non-hydrogen) atoms. The van der Waals surface area contributed by atoms with Gasteiger partial charge in [0, 0.05) is 6.04 Å². The van der Waals surface area contributed by atoms with Crippen LogP contribution in [0.4, 0.5) is 0 Å². The highest BCUT2D eigenvalue weighted by Crippen LogP contribution is 2.36. The molecule has 0 aliphatic heterocycles. The maximum atomic E-state index is 3.42. The average molecular weight is 321 g/mol. The molecule has 0 spiro atoms. The van der Waals surface area contributed by atoms with Crippen molar-refractivity contribution in [2.75, 3.05) is 7.05 Å². The van der Waals surface area contributed by atoms with Crippen molar-refractivity contribution in [3.8, 4) is 0 Å². The Labute approximate surface area is 103 Å². The molecule has 1 heterocycles. The summed E-state index contributed by atoms with van der Waals surface area (Å²) < 4.78 is 1.39. The number of hydrogen-bond donors (Lipinski definition) is 1. The van der Waals surface area contributed by atoms with Gasteiger partial charge in [-0.15, -0.1) is 11.3 Å². The highest BCUT2D eigenvalue weighted by Gasteiger charge is 2.22. The lowest BCUT2D eigenvalue weighted by molar-refractivity contribution is 0.507. The molecular weight excluding hydrogens is 305 g/mol. The van der Waals surface area contributed by atoms with Crippen LogP contribution in [0.2, 0.25) is 0 Å². The molecule has 0 radical (unpaired) electrons. The van der Waals surface area contributed by atoms with Crippen LogP contribution >= 0.6 is 33.9 Å². The second-order valence-corrected chi connectivity index (χ2v) is 6.85. The van der Waals surface area contributed by atoms with E-state index in [1.165, 1.54) is 34.1 Å². The molecule has 0 amide bonds. The fourth-order valence-electron chi connectivity index (χ4n) is 1.79. The number of halogens is 1. The lowest BCUT2D eigenvalue weighted by atomic mass is 10.0. The van der Waals surface area contributed by atoms with E-state index < -0.39 is 0 Å². The molecule has 1 fully saturated rings. The molecule has 3 heteroatoms. The van der Waals surface area contributed by atoms with Crippen molar-refractivity contribution in [3.63, 3.8) is 0 Å². The van der Waals surface area contributed by atoms with E-state index in [1.54, 1.807) is 0 Å². The number of thiophene rings is 1. The van der Waals surface area contributed by atoms with Crippen LogP contribution in [0.1, 0.15) is 37.3 Å². The molecule has 1 saturated carbocycles. The lowest BCUT2D eigenvalue weighted by Gasteiger charge is -2.14. The minimum atomic E-state index is 0.579. The van der Waals surface area contributed by atoms with Gasteiger partial charge in [0.05, 0.1) is 2.88 Å². The zero-order valence-electron chi connectivity index (χ0n) is 8.42. The summed E-state index contributed by atoms with van der Waals surface area (Å²) in [5.41, 5.74) is 1.47. The summed E-state index contributed by atoms with van der Waals surface area (Å²) in [6.07, 6.45) is 5.64. The number of rotatable bonds is 5. The summed E-state index contributed by atoms with van der Waals surface area (Å²) in [5.74, 6) is 1.04. The van der Waals surface area contributed by atoms with E-state index >= 15 is 0 Å². The third-order valence-corrected chi connectivity index (χ3v) is 4.71. The Morgan fingerprint density at radius 1 is 1.64 bits per heavy atom. The van der Waals surface area contributed by atoms with E-state index in [9.17, 15) is 0 Å². The van der Waals surface area contributed by atoms with Crippen molar-refractivity contribution in [2.24, 2.45) is 5.92 Å². The van der Waals surface area contributed by atoms with E-state index in [1.807, 2.05) is 11.3 Å². The summed E-state index contributed by atoms with van der Waals surface area (Å²) in [4.78, 5) is 0. The van der Waals surface area contributed by atoms with E-state index in [2.05, 4.69) is 46.4 Å². The van der Waals surface area contributed by atoms with Gasteiger partial charge in [-0.25, -0.2) is 0 Å². The third-order valence-electron chi connectivity index (χ3n) is 2.90. The van der Waals surface area contributed by atoms with Gasteiger partial charge >= 0.3 is 0 Å². The first-order valence-corrected chi connectivity index (χ1v) is 7.16. The Morgan fingerprint density at radius 3 is 2.93 bits per heavy atom. The highest BCUT2D eigenvalue weighted by molar-refractivity contribution is 14.1. The molecule has 1 aromatic rings. The van der Waals surface area contributed by atoms with Crippen molar-refractivity contribution < 1.29 is 0 Å². The SMILES string of the molecule is CNC(CCC1CC1)c1csc(I)c1. The van der Waals surface area contributed by atoms with Gasteiger partial charge in [-0.1, -0.05) is 12.8 Å². The molecule has 78 valence electrons. The molecule has 1 aromatic heterocycles. The number of hydrogen-bond acceptors (Lipinski definition) is 2. The van der Waals surface area contributed by atoms with Crippen LogP contribution in [0.5, 0.6) is 0 Å². The van der Waals surface area contributed by atoms with Gasteiger partial charge in [0.1, 0.15) is 0 Å². The quantitative estimate of drug-likeness (QED) is 0.814. The first-order valence-electron chi connectivity index (χ1n) is 5.21. The molecular formula is C11H16INS. The van der Waals surface area contributed by atoms with E-state index in [0.717, 1.165) is 5.92 Å². The molecule has 1 aliphatic rings. The molecule has 1 aliphatic carbocycles. The Bertz CT molecular complexity index is 293. The van der Waals surface area contributed by atoms with Gasteiger partial charge in [-0.2, -0.15) is 0 Å². The van der Waals surface area contributed by atoms with E-state index in [4.69, 9.17) is 0 Å². The standard InChI is InChI=1S/C11H16INS/c1-13-10(5-4-8-2-3-8)9-6-11(12)14-7-9/h6-8,10,13H,2-5H2,1H3. The highest BCUT2D eigenvalue weighted by atomic mass is 127. The van der Waals surface area contributed by atoms with Crippen LogP contribution in [0.25, 0.3) is 0 Å². The maximum absolute atomic E-state index is 3.42. The van der Waals surface area contributed by atoms with Crippen LogP contribution in [-0.2, 0) is 0 Å². The molecule has 2 rings (SSSR count). The van der Waals surface area contributed by atoms with Gasteiger partial charge in [0.25, 0.3) is 0 Å². The molecule has 0 bridgehead atoms. The summed E-state index contributed by atoms with van der Waals surface area (Å²) in [6.45, 7) is 0. The molecule has 1 N–H and O–H groups in total. The fraction of sp³-hybridized carbons (Fsp3) is 0.636. The zero-order chi connectivity index (χ0) is 9.97. The summed E-state index contributed by atoms with van der Waals surface area (Å²) >= 11 is 4.24. The lowest BCUT2D eigenvalue weighted by Crippen LogP contribution is -2.15. The predicted molar refractivity (Wildman–Crippen MR) is 70.8 cm³/mol. The van der Waals surface area contributed by atoms with E-state index in [-0.39, 0.29) is 0 Å². The van der Waals surface area contributed by atoms with Crippen molar-refractivity contribution in [1.82, 2.24) is 5.32 Å². The first-order chi connectivity index (χ1) is 6.79. The van der Waals surface area contributed by atoms with Crippen LogP contribution in [0.3, 0.4) is 0 Å². The average Bonchev–Trinajstić information content (AvgIpc) is 2.90. The van der Waals surface area contributed by atoms with Crippen LogP contribution in [0, 0.1) is 8.80 Å². The Hall–Kier alpha value is 0.390. The predicted octanol–water partition coefficient (Wildman–Crippen LogP) is 3.80. The summed E-state index contributed by atoms with van der Waals surface area (Å²) in [7, 11) is 2.07. The largest absolute Gasteiger partial charge is 0.313 e. The van der Waals surface area contributed by atoms with Crippen LogP contribution in [0.15, 0.2) is 11.4 Å². The van der Waals surface area contributed by atoms with Crippen molar-refractivity contribution >= 4 is 33.9 Å². The Balaban J connectivity index is 1.90. The molecule has 0 aromatic carbocycles. The van der Waals surface area contributed by atoms with Gasteiger partial charge in [-0.3, -0.25) is 0 Å². The monoisotopic (exact) mass is 321 g/mol. The topological polar surface area (TPSA) is 12.0 Å². The molecule has 0 saturated heterocycles. The Morgan fingerprint density at radius 2 is 2.43 bits per heavy atom. The van der Waals surface area contributed by atoms with Gasteiger partial charge in [0.2, 0.25) is 0 Å². The van der Waals surface area contributed by atoms with Crippen LogP contribution < -0.4 is 5.32 Å². The fourth-order valence-corrected chi connectivity index (χ4v) is 3.22. The Kier molecular flexibility index (Phi) is 3.85. The zero-order valence-corrected chi connectivity index (χ0v) is 11.4. The molecule has 1 atom stereocenters. The summed E-state index contributed by atoms with van der Waals surface area (Å²) in [6, 6.07) is 2.88. The first kappa shape index (κ1) is 10.9. The van der Waals surface area contributed by atoms with Crippen LogP contribution in [-0.4, -0.2) is 7.05 Å². The molecule has 1 nitrogen and oxygen atoms in total. The van der Waals surface area contributed by atoms with Gasteiger partial charge in [-0.05, 0) is 65.4 Å². The maximum Gasteiger partial charge on any atom is 0.0656 e. The second kappa shape index (κ2) is 4.94. The van der Waals surface area contributed by atoms with Crippen molar-refractivity contribution in [3.05, 3.63) is 19.9 Å². The van der Waals surface area contributed by atoms with Gasteiger partial charge < -0.3 is 5.32 Å². The van der Waals surface area contributed by atoms with E-state index in [0.29, 0.717) is 6.04 Å². The van der Waals surface area contributed by atoms with Crippen molar-refractivity contribution in [1.29, 1.82) is 0 Å². The second-order valence-electron chi connectivity index (χ2n) is 4.05. The van der Waals surface area contributed by atoms with Crippen molar-refractivity contribution in [2.45, 2.75) is 31.7 Å². The van der Waals surface area contributed by atoms with Gasteiger partial charge in [0.15, 0.2) is 0 Å². The third kappa shape index (κ3) is 2.94. The number of nitrogens with one attached hydrogen (secondary N) is 1. The molecule has 1 unspecified atom stereocenters. The smallest absolute Gasteiger partial charge is 0.0656 e. The minimum Gasteiger partial charge on any atom is -0.313 e.